The highest BCUT2D eigenvalue weighted by Gasteiger charge is 2.23. The van der Waals surface area contributed by atoms with E-state index >= 15 is 0 Å². The van der Waals surface area contributed by atoms with Gasteiger partial charge in [-0.05, 0) is 24.6 Å². The summed E-state index contributed by atoms with van der Waals surface area (Å²) in [7, 11) is 0. The number of aromatic nitrogens is 4. The van der Waals surface area contributed by atoms with Crippen LogP contribution >= 0.6 is 0 Å². The smallest absolute Gasteiger partial charge is 0.387 e. The van der Waals surface area contributed by atoms with Gasteiger partial charge in [0.15, 0.2) is 11.6 Å². The minimum Gasteiger partial charge on any atom is -0.432 e. The molecule has 156 valence electrons. The number of ether oxygens (including phenoxy) is 1. The number of alkyl halides is 4. The molecule has 29 heavy (non-hydrogen) atoms. The zero-order valence-electron chi connectivity index (χ0n) is 15.0. The van der Waals surface area contributed by atoms with Crippen LogP contribution in [-0.4, -0.2) is 43.4 Å². The molecule has 0 bridgehead atoms. The molecule has 0 spiro atoms. The molecule has 0 fully saturated rings. The number of anilines is 1. The fourth-order valence-corrected chi connectivity index (χ4v) is 2.70. The zero-order valence-corrected chi connectivity index (χ0v) is 15.0. The fraction of sp³-hybridized carbons (Fsp3) is 0.353. The van der Waals surface area contributed by atoms with Crippen LogP contribution < -0.4 is 10.1 Å². The molecule has 0 aliphatic heterocycles. The number of hydrogen-bond donors (Lipinski definition) is 2. The summed E-state index contributed by atoms with van der Waals surface area (Å²) in [5, 5.41) is 17.3. The summed E-state index contributed by atoms with van der Waals surface area (Å²) in [5.74, 6) is -1.51. The quantitative estimate of drug-likeness (QED) is 0.548. The normalized spacial score (nSPS) is 13.8. The molecule has 12 heteroatoms. The second-order valence-corrected chi connectivity index (χ2v) is 6.51. The highest BCUT2D eigenvalue weighted by molar-refractivity contribution is 5.45. The summed E-state index contributed by atoms with van der Waals surface area (Å²) in [4.78, 5) is 7.45. The van der Waals surface area contributed by atoms with Crippen LogP contribution in [0.4, 0.5) is 27.8 Å². The van der Waals surface area contributed by atoms with Crippen LogP contribution in [-0.2, 0) is 6.42 Å². The standard InChI is InChI=1S/C17H16F5N5O2/c1-17(28,6-9-2-3-12(10(18)4-9)29-15(21)22)7-23-13-5-11(14(19)20)26-16-24-8-25-27(13)16/h2-5,8,14-15,23,28H,6-7H2,1H3/t17-/m1/s1. The molecule has 0 saturated heterocycles. The first kappa shape index (κ1) is 20.7. The third kappa shape index (κ3) is 5.08. The Kier molecular flexibility index (Phi) is 5.82. The molecule has 0 amide bonds. The minimum atomic E-state index is -3.16. The van der Waals surface area contributed by atoms with Crippen LogP contribution in [0.25, 0.3) is 5.78 Å². The van der Waals surface area contributed by atoms with Crippen molar-refractivity contribution in [1.29, 1.82) is 0 Å². The number of halogens is 5. The first-order chi connectivity index (χ1) is 13.6. The second kappa shape index (κ2) is 8.15. The molecule has 1 atom stereocenters. The third-order valence-electron chi connectivity index (χ3n) is 3.94. The Morgan fingerprint density at radius 1 is 1.24 bits per heavy atom. The number of fused-ring (bicyclic) bond motifs is 1. The van der Waals surface area contributed by atoms with Crippen LogP contribution in [0.5, 0.6) is 5.75 Å². The van der Waals surface area contributed by atoms with E-state index in [-0.39, 0.29) is 24.6 Å². The van der Waals surface area contributed by atoms with Crippen molar-refractivity contribution >= 4 is 11.6 Å². The summed E-state index contributed by atoms with van der Waals surface area (Å²) in [6.07, 6.45) is -1.74. The monoisotopic (exact) mass is 417 g/mol. The Hall–Kier alpha value is -3.02. The molecule has 2 N–H and O–H groups in total. The molecule has 0 unspecified atom stereocenters. The summed E-state index contributed by atoms with van der Waals surface area (Å²) < 4.78 is 69.5. The van der Waals surface area contributed by atoms with Gasteiger partial charge in [-0.2, -0.15) is 23.4 Å². The molecule has 0 aliphatic rings. The van der Waals surface area contributed by atoms with E-state index in [1.807, 2.05) is 0 Å². The molecule has 7 nitrogen and oxygen atoms in total. The van der Waals surface area contributed by atoms with Gasteiger partial charge in [-0.25, -0.2) is 18.2 Å². The van der Waals surface area contributed by atoms with Gasteiger partial charge in [-0.1, -0.05) is 6.07 Å². The number of nitrogens with one attached hydrogen (secondary N) is 1. The number of hydrogen-bond acceptors (Lipinski definition) is 6. The van der Waals surface area contributed by atoms with E-state index in [9.17, 15) is 27.1 Å². The van der Waals surface area contributed by atoms with Crippen LogP contribution in [0.1, 0.15) is 24.6 Å². The van der Waals surface area contributed by atoms with Gasteiger partial charge in [-0.3, -0.25) is 0 Å². The van der Waals surface area contributed by atoms with Gasteiger partial charge in [-0.15, -0.1) is 0 Å². The van der Waals surface area contributed by atoms with Crippen molar-refractivity contribution in [1.82, 2.24) is 19.6 Å². The average molecular weight is 417 g/mol. The zero-order chi connectivity index (χ0) is 21.2. The Bertz CT molecular complexity index is 996. The van der Waals surface area contributed by atoms with E-state index in [2.05, 4.69) is 25.1 Å². The van der Waals surface area contributed by atoms with Gasteiger partial charge in [0.2, 0.25) is 0 Å². The number of benzene rings is 1. The van der Waals surface area contributed by atoms with Gasteiger partial charge in [0.25, 0.3) is 12.2 Å². The molecule has 3 rings (SSSR count). The van der Waals surface area contributed by atoms with Crippen molar-refractivity contribution in [3.8, 4) is 5.75 Å². The molecular weight excluding hydrogens is 401 g/mol. The molecule has 1 aromatic carbocycles. The molecule has 0 radical (unpaired) electrons. The van der Waals surface area contributed by atoms with Gasteiger partial charge in [0.1, 0.15) is 17.8 Å². The fourth-order valence-electron chi connectivity index (χ4n) is 2.70. The van der Waals surface area contributed by atoms with Gasteiger partial charge in [0, 0.05) is 19.0 Å². The maximum absolute atomic E-state index is 13.8. The molecular formula is C17H16F5N5O2. The van der Waals surface area contributed by atoms with E-state index in [1.54, 1.807) is 0 Å². The number of nitrogens with zero attached hydrogens (tertiary/aromatic N) is 4. The first-order valence-electron chi connectivity index (χ1n) is 8.33. The lowest BCUT2D eigenvalue weighted by atomic mass is 9.96. The predicted octanol–water partition coefficient (Wildman–Crippen LogP) is 3.21. The molecule has 0 aliphatic carbocycles. The van der Waals surface area contributed by atoms with E-state index in [1.165, 1.54) is 17.5 Å². The van der Waals surface area contributed by atoms with E-state index in [0.29, 0.717) is 5.56 Å². The van der Waals surface area contributed by atoms with Crippen LogP contribution in [0.2, 0.25) is 0 Å². The Morgan fingerprint density at radius 2 is 2.00 bits per heavy atom. The van der Waals surface area contributed by atoms with Crippen LogP contribution in [0.15, 0.2) is 30.6 Å². The van der Waals surface area contributed by atoms with Crippen molar-refractivity contribution in [2.45, 2.75) is 32.0 Å². The van der Waals surface area contributed by atoms with Crippen molar-refractivity contribution < 1.29 is 31.8 Å². The molecule has 0 saturated carbocycles. The SMILES string of the molecule is C[C@](O)(CNc1cc(C(F)F)nc2ncnn12)Cc1ccc(OC(F)F)c(F)c1. The van der Waals surface area contributed by atoms with Crippen LogP contribution in [0.3, 0.4) is 0 Å². The first-order valence-corrected chi connectivity index (χ1v) is 8.33. The highest BCUT2D eigenvalue weighted by atomic mass is 19.3. The number of rotatable bonds is 8. The predicted molar refractivity (Wildman–Crippen MR) is 91.6 cm³/mol. The van der Waals surface area contributed by atoms with Crippen molar-refractivity contribution in [3.63, 3.8) is 0 Å². The Balaban J connectivity index is 1.73. The molecule has 2 aromatic heterocycles. The Morgan fingerprint density at radius 3 is 2.66 bits per heavy atom. The highest BCUT2D eigenvalue weighted by Crippen LogP contribution is 2.24. The summed E-state index contributed by atoms with van der Waals surface area (Å²) in [5.41, 5.74) is -1.63. The second-order valence-electron chi connectivity index (χ2n) is 6.51. The maximum Gasteiger partial charge on any atom is 0.387 e. The van der Waals surface area contributed by atoms with Gasteiger partial charge >= 0.3 is 6.61 Å². The molecule has 2 heterocycles. The molecule has 3 aromatic rings. The maximum atomic E-state index is 13.8. The van der Waals surface area contributed by atoms with E-state index < -0.39 is 35.9 Å². The summed E-state index contributed by atoms with van der Waals surface area (Å²) >= 11 is 0. The minimum absolute atomic E-state index is 0.0402. The van der Waals surface area contributed by atoms with Crippen molar-refractivity contribution in [2.75, 3.05) is 11.9 Å². The Labute approximate surface area is 161 Å². The van der Waals surface area contributed by atoms with Gasteiger partial charge < -0.3 is 15.2 Å². The van der Waals surface area contributed by atoms with Gasteiger partial charge in [0.05, 0.1) is 5.60 Å². The summed E-state index contributed by atoms with van der Waals surface area (Å²) in [6.45, 7) is -1.84. The third-order valence-corrected chi connectivity index (χ3v) is 3.94. The lowest BCUT2D eigenvalue weighted by molar-refractivity contribution is -0.0522. The lowest BCUT2D eigenvalue weighted by Gasteiger charge is -2.24. The van der Waals surface area contributed by atoms with E-state index in [4.69, 9.17) is 0 Å². The van der Waals surface area contributed by atoms with Crippen molar-refractivity contribution in [3.05, 3.63) is 47.7 Å². The topological polar surface area (TPSA) is 84.6 Å². The average Bonchev–Trinajstić information content (AvgIpc) is 3.10. The van der Waals surface area contributed by atoms with Crippen molar-refractivity contribution in [2.24, 2.45) is 0 Å². The van der Waals surface area contributed by atoms with E-state index in [0.717, 1.165) is 24.5 Å². The summed E-state index contributed by atoms with van der Waals surface area (Å²) in [6, 6.07) is 4.44. The largest absolute Gasteiger partial charge is 0.432 e. The number of aliphatic hydroxyl groups is 1. The van der Waals surface area contributed by atoms with Crippen LogP contribution in [0, 0.1) is 5.82 Å². The lowest BCUT2D eigenvalue weighted by Crippen LogP contribution is -2.36.